The molecule has 3 aromatic rings. The maximum atomic E-state index is 12.6. The highest BCUT2D eigenvalue weighted by Crippen LogP contribution is 2.30. The molecule has 2 aliphatic rings. The van der Waals surface area contributed by atoms with Gasteiger partial charge in [0.1, 0.15) is 6.61 Å². The van der Waals surface area contributed by atoms with Gasteiger partial charge in [-0.25, -0.2) is 4.79 Å². The van der Waals surface area contributed by atoms with Gasteiger partial charge in [-0.15, -0.1) is 0 Å². The van der Waals surface area contributed by atoms with Crippen molar-refractivity contribution < 1.29 is 14.3 Å². The molecule has 1 heterocycles. The molecule has 2 fully saturated rings. The lowest BCUT2D eigenvalue weighted by Gasteiger charge is -2.20. The average Bonchev–Trinajstić information content (AvgIpc) is 3.65. The second-order valence-corrected chi connectivity index (χ2v) is 9.08. The number of nitrogens with zero attached hydrogens (tertiary/aromatic N) is 1. The summed E-state index contributed by atoms with van der Waals surface area (Å²) in [5, 5.41) is 2.97. The minimum Gasteiger partial charge on any atom is -0.445 e. The van der Waals surface area contributed by atoms with E-state index in [0.717, 1.165) is 53.6 Å². The molecule has 0 unspecified atom stereocenters. The fourth-order valence-corrected chi connectivity index (χ4v) is 4.22. The molecule has 0 spiro atoms. The summed E-state index contributed by atoms with van der Waals surface area (Å²) in [5.74, 6) is 6.83. The van der Waals surface area contributed by atoms with Gasteiger partial charge < -0.3 is 10.1 Å². The molecule has 2 amide bonds. The van der Waals surface area contributed by atoms with Crippen LogP contribution < -0.4 is 5.32 Å². The Balaban J connectivity index is 1.22. The highest BCUT2D eigenvalue weighted by atomic mass is 16.6. The smallest absolute Gasteiger partial charge is 0.411 e. The molecule has 5 nitrogen and oxygen atoms in total. The first-order chi connectivity index (χ1) is 17.2. The lowest BCUT2D eigenvalue weighted by Crippen LogP contribution is -2.35. The number of anilines is 1. The molecule has 5 rings (SSSR count). The predicted octanol–water partition coefficient (Wildman–Crippen LogP) is 5.85. The Labute approximate surface area is 206 Å². The highest BCUT2D eigenvalue weighted by Gasteiger charge is 2.30. The van der Waals surface area contributed by atoms with E-state index >= 15 is 0 Å². The molecule has 0 radical (unpaired) electrons. The van der Waals surface area contributed by atoms with Crippen molar-refractivity contribution in [2.75, 3.05) is 11.9 Å². The van der Waals surface area contributed by atoms with Crippen molar-refractivity contribution in [1.82, 2.24) is 4.90 Å². The fraction of sp³-hybridized carbons (Fsp3) is 0.267. The van der Waals surface area contributed by atoms with E-state index in [4.69, 9.17) is 4.74 Å². The number of ether oxygens (including phenoxy) is 1. The van der Waals surface area contributed by atoms with E-state index in [1.165, 1.54) is 0 Å². The van der Waals surface area contributed by atoms with Crippen molar-refractivity contribution in [1.29, 1.82) is 0 Å². The first-order valence-electron chi connectivity index (χ1n) is 12.2. The molecular formula is C30H28N2O3. The zero-order valence-corrected chi connectivity index (χ0v) is 19.6. The van der Waals surface area contributed by atoms with E-state index < -0.39 is 0 Å². The Morgan fingerprint density at radius 2 is 1.71 bits per heavy atom. The quantitative estimate of drug-likeness (QED) is 0.482. The third-order valence-corrected chi connectivity index (χ3v) is 6.37. The summed E-state index contributed by atoms with van der Waals surface area (Å²) in [6, 6.07) is 25.5. The largest absolute Gasteiger partial charge is 0.445 e. The second-order valence-electron chi connectivity index (χ2n) is 9.08. The zero-order valence-electron chi connectivity index (χ0n) is 19.6. The van der Waals surface area contributed by atoms with Gasteiger partial charge in [-0.05, 0) is 66.6 Å². The molecule has 0 aromatic heterocycles. The molecule has 1 saturated heterocycles. The summed E-state index contributed by atoms with van der Waals surface area (Å²) in [4.78, 5) is 26.3. The van der Waals surface area contributed by atoms with Gasteiger partial charge in [0.05, 0.1) is 6.04 Å². The number of rotatable bonds is 5. The molecule has 176 valence electrons. The molecule has 1 N–H and O–H groups in total. The number of hydrogen-bond acceptors (Lipinski definition) is 3. The van der Waals surface area contributed by atoms with Gasteiger partial charge in [0, 0.05) is 23.7 Å². The number of benzene rings is 3. The molecule has 3 aromatic carbocycles. The highest BCUT2D eigenvalue weighted by molar-refractivity contribution is 5.94. The van der Waals surface area contributed by atoms with Crippen molar-refractivity contribution in [3.63, 3.8) is 0 Å². The fourth-order valence-electron chi connectivity index (χ4n) is 4.22. The van der Waals surface area contributed by atoms with E-state index in [-0.39, 0.29) is 30.6 Å². The van der Waals surface area contributed by atoms with Crippen LogP contribution in [0, 0.1) is 17.8 Å². The van der Waals surface area contributed by atoms with Crippen LogP contribution >= 0.6 is 0 Å². The van der Waals surface area contributed by atoms with E-state index in [1.54, 1.807) is 4.90 Å². The Bertz CT molecular complexity index is 1250. The summed E-state index contributed by atoms with van der Waals surface area (Å²) < 4.78 is 5.51. The molecule has 35 heavy (non-hydrogen) atoms. The molecule has 1 aliphatic heterocycles. The minimum absolute atomic E-state index is 0.111. The number of nitrogens with one attached hydrogen (secondary N) is 1. The first kappa shape index (κ1) is 22.7. The Morgan fingerprint density at radius 1 is 0.914 bits per heavy atom. The van der Waals surface area contributed by atoms with E-state index in [9.17, 15) is 9.59 Å². The zero-order chi connectivity index (χ0) is 24.0. The molecule has 1 saturated carbocycles. The Hall–Kier alpha value is -4.04. The van der Waals surface area contributed by atoms with E-state index in [1.807, 2.05) is 72.8 Å². The monoisotopic (exact) mass is 464 g/mol. The topological polar surface area (TPSA) is 58.6 Å². The van der Waals surface area contributed by atoms with Crippen LogP contribution in [0.5, 0.6) is 0 Å². The van der Waals surface area contributed by atoms with Crippen LogP contribution in [0.25, 0.3) is 11.1 Å². The van der Waals surface area contributed by atoms with Crippen molar-refractivity contribution in [2.45, 2.75) is 38.3 Å². The maximum Gasteiger partial charge on any atom is 0.411 e. The predicted molar refractivity (Wildman–Crippen MR) is 136 cm³/mol. The van der Waals surface area contributed by atoms with Crippen LogP contribution in [-0.4, -0.2) is 29.5 Å². The van der Waals surface area contributed by atoms with Crippen molar-refractivity contribution in [2.24, 2.45) is 5.92 Å². The van der Waals surface area contributed by atoms with Gasteiger partial charge in [-0.1, -0.05) is 66.4 Å². The van der Waals surface area contributed by atoms with Gasteiger partial charge in [-0.3, -0.25) is 9.69 Å². The van der Waals surface area contributed by atoms with Crippen LogP contribution in [0.4, 0.5) is 10.5 Å². The Kier molecular flexibility index (Phi) is 6.81. The summed E-state index contributed by atoms with van der Waals surface area (Å²) >= 11 is 0. The molecule has 5 heteroatoms. The normalized spacial score (nSPS) is 16.8. The van der Waals surface area contributed by atoms with Crippen molar-refractivity contribution in [3.8, 4) is 23.0 Å². The van der Waals surface area contributed by atoms with Gasteiger partial charge in [-0.2, -0.15) is 0 Å². The number of hydrogen-bond donors (Lipinski definition) is 1. The average molecular weight is 465 g/mol. The van der Waals surface area contributed by atoms with Gasteiger partial charge in [0.2, 0.25) is 5.91 Å². The summed E-state index contributed by atoms with van der Waals surface area (Å²) in [6.45, 7) is 0.929. The van der Waals surface area contributed by atoms with E-state index in [2.05, 4.69) is 23.2 Å². The van der Waals surface area contributed by atoms with Crippen LogP contribution in [0.15, 0.2) is 78.9 Å². The summed E-state index contributed by atoms with van der Waals surface area (Å²) in [7, 11) is 0. The Morgan fingerprint density at radius 3 is 2.49 bits per heavy atom. The number of amides is 2. The van der Waals surface area contributed by atoms with Crippen molar-refractivity contribution in [3.05, 3.63) is 90.0 Å². The maximum absolute atomic E-state index is 12.6. The molecule has 0 bridgehead atoms. The first-order valence-corrected chi connectivity index (χ1v) is 12.2. The van der Waals surface area contributed by atoms with Crippen LogP contribution in [0.3, 0.4) is 0 Å². The third-order valence-electron chi connectivity index (χ3n) is 6.37. The minimum atomic E-state index is -0.312. The summed E-state index contributed by atoms with van der Waals surface area (Å²) in [5.41, 5.74) is 4.81. The third kappa shape index (κ3) is 5.91. The van der Waals surface area contributed by atoms with Crippen LogP contribution in [0.2, 0.25) is 0 Å². The lowest BCUT2D eigenvalue weighted by atomic mass is 10.0. The molecule has 1 aliphatic carbocycles. The second kappa shape index (κ2) is 10.5. The van der Waals surface area contributed by atoms with E-state index in [0.29, 0.717) is 6.54 Å². The van der Waals surface area contributed by atoms with Gasteiger partial charge in [0.25, 0.3) is 0 Å². The lowest BCUT2D eigenvalue weighted by molar-refractivity contribution is -0.117. The number of carbonyl (C=O) groups is 2. The van der Waals surface area contributed by atoms with Crippen LogP contribution in [-0.2, 0) is 16.1 Å². The number of likely N-dealkylation sites (tertiary alicyclic amines) is 1. The van der Waals surface area contributed by atoms with Crippen LogP contribution in [0.1, 0.15) is 36.8 Å². The van der Waals surface area contributed by atoms with Gasteiger partial charge >= 0.3 is 6.09 Å². The van der Waals surface area contributed by atoms with Crippen molar-refractivity contribution >= 4 is 17.7 Å². The number of carbonyl (C=O) groups excluding carboxylic acids is 2. The molecular weight excluding hydrogens is 436 g/mol. The SMILES string of the molecule is O=C(Nc1ccc(-c2cccc(C#C[C@@H]3CCCN3C(=O)OCc3ccccc3)c2)cc1)C1CC1. The summed E-state index contributed by atoms with van der Waals surface area (Å²) in [6.07, 6.45) is 3.44. The standard InChI is InChI=1S/C30H28N2O3/c33-29(25-12-13-25)31-27-16-14-24(15-17-27)26-9-4-8-22(20-26)11-18-28-10-5-19-32(28)30(34)35-21-23-6-2-1-3-7-23/h1-4,6-9,14-17,20,25,28H,5,10,12-13,19,21H2,(H,31,33)/t28-/m0/s1. The van der Waals surface area contributed by atoms with Gasteiger partial charge in [0.15, 0.2) is 0 Å². The molecule has 1 atom stereocenters.